The van der Waals surface area contributed by atoms with Gasteiger partial charge in [-0.25, -0.2) is 0 Å². The zero-order chi connectivity index (χ0) is 15.4. The van der Waals surface area contributed by atoms with E-state index < -0.39 is 0 Å². The molecule has 0 N–H and O–H groups in total. The molecule has 1 aromatic carbocycles. The quantitative estimate of drug-likeness (QED) is 0.772. The molecule has 0 bridgehead atoms. The maximum atomic E-state index is 12.2. The van der Waals surface area contributed by atoms with Crippen molar-refractivity contribution in [3.63, 3.8) is 0 Å². The molecule has 1 amide bonds. The van der Waals surface area contributed by atoms with Crippen LogP contribution in [0.2, 0.25) is 0 Å². The molecule has 2 aliphatic heterocycles. The molecule has 0 aliphatic carbocycles. The molecule has 1 saturated heterocycles. The molecule has 0 aromatic heterocycles. The molecular formula is C17H24N2O3. The summed E-state index contributed by atoms with van der Waals surface area (Å²) >= 11 is 0. The van der Waals surface area contributed by atoms with Crippen LogP contribution >= 0.6 is 0 Å². The summed E-state index contributed by atoms with van der Waals surface area (Å²) in [4.78, 5) is 16.3. The summed E-state index contributed by atoms with van der Waals surface area (Å²) in [6, 6.07) is 5.89. The molecule has 0 atom stereocenters. The van der Waals surface area contributed by atoms with Gasteiger partial charge in [0, 0.05) is 38.8 Å². The van der Waals surface area contributed by atoms with Gasteiger partial charge in [0.2, 0.25) is 0 Å². The largest absolute Gasteiger partial charge is 0.494 e. The van der Waals surface area contributed by atoms with Crippen LogP contribution in [0.3, 0.4) is 0 Å². The van der Waals surface area contributed by atoms with Gasteiger partial charge in [-0.15, -0.1) is 0 Å². The van der Waals surface area contributed by atoms with E-state index in [1.54, 1.807) is 4.90 Å². The van der Waals surface area contributed by atoms with Gasteiger partial charge in [0.05, 0.1) is 19.8 Å². The summed E-state index contributed by atoms with van der Waals surface area (Å²) in [7, 11) is 1.85. The first-order valence-corrected chi connectivity index (χ1v) is 8.05. The van der Waals surface area contributed by atoms with E-state index in [1.165, 1.54) is 0 Å². The topological polar surface area (TPSA) is 42.0 Å². The van der Waals surface area contributed by atoms with Crippen molar-refractivity contribution in [2.24, 2.45) is 0 Å². The van der Waals surface area contributed by atoms with Crippen molar-refractivity contribution in [3.05, 3.63) is 29.3 Å². The number of amides is 1. The van der Waals surface area contributed by atoms with Crippen LogP contribution in [0, 0.1) is 0 Å². The third kappa shape index (κ3) is 3.59. The number of morpholine rings is 1. The maximum absolute atomic E-state index is 12.2. The lowest BCUT2D eigenvalue weighted by Crippen LogP contribution is -2.37. The van der Waals surface area contributed by atoms with Gasteiger partial charge in [0.15, 0.2) is 0 Å². The molecule has 2 aliphatic rings. The van der Waals surface area contributed by atoms with E-state index in [9.17, 15) is 4.79 Å². The third-order valence-corrected chi connectivity index (χ3v) is 4.37. The molecular weight excluding hydrogens is 280 g/mol. The van der Waals surface area contributed by atoms with Gasteiger partial charge in [0.1, 0.15) is 5.75 Å². The van der Waals surface area contributed by atoms with E-state index in [1.807, 2.05) is 25.2 Å². The standard InChI is InChI=1S/C17H24N2O3/c1-18-7-5-14-3-4-15(13-16(14)17(18)20)22-10-2-6-19-8-11-21-12-9-19/h3-4,13H,2,5-12H2,1H3. The number of carbonyl (C=O) groups is 1. The zero-order valence-electron chi connectivity index (χ0n) is 13.2. The van der Waals surface area contributed by atoms with Gasteiger partial charge >= 0.3 is 0 Å². The Kier molecular flexibility index (Phi) is 4.95. The smallest absolute Gasteiger partial charge is 0.254 e. The molecule has 0 spiro atoms. The number of nitrogens with zero attached hydrogens (tertiary/aromatic N) is 2. The molecule has 1 aromatic rings. The molecule has 120 valence electrons. The molecule has 5 heteroatoms. The Morgan fingerprint density at radius 1 is 1.23 bits per heavy atom. The van der Waals surface area contributed by atoms with Crippen molar-refractivity contribution in [2.75, 3.05) is 53.0 Å². The van der Waals surface area contributed by atoms with Crippen LogP contribution in [0.15, 0.2) is 18.2 Å². The second-order valence-corrected chi connectivity index (χ2v) is 5.95. The maximum Gasteiger partial charge on any atom is 0.254 e. The summed E-state index contributed by atoms with van der Waals surface area (Å²) < 4.78 is 11.2. The molecule has 5 nitrogen and oxygen atoms in total. The van der Waals surface area contributed by atoms with Gasteiger partial charge in [-0.1, -0.05) is 6.07 Å². The minimum absolute atomic E-state index is 0.0972. The fourth-order valence-electron chi connectivity index (χ4n) is 2.96. The third-order valence-electron chi connectivity index (χ3n) is 4.37. The fraction of sp³-hybridized carbons (Fsp3) is 0.588. The minimum Gasteiger partial charge on any atom is -0.494 e. The van der Waals surface area contributed by atoms with Crippen molar-refractivity contribution in [1.82, 2.24) is 9.80 Å². The van der Waals surface area contributed by atoms with Crippen LogP contribution in [-0.2, 0) is 11.2 Å². The molecule has 2 heterocycles. The summed E-state index contributed by atoms with van der Waals surface area (Å²) in [5.41, 5.74) is 1.92. The summed E-state index contributed by atoms with van der Waals surface area (Å²) in [6.07, 6.45) is 1.92. The highest BCUT2D eigenvalue weighted by Crippen LogP contribution is 2.23. The minimum atomic E-state index is 0.0972. The Bertz CT molecular complexity index is 527. The number of benzene rings is 1. The number of carbonyl (C=O) groups excluding carboxylic acids is 1. The SMILES string of the molecule is CN1CCc2ccc(OCCCN3CCOCC3)cc2C1=O. The van der Waals surface area contributed by atoms with Crippen molar-refractivity contribution >= 4 is 5.91 Å². The van der Waals surface area contributed by atoms with Crippen LogP contribution in [0.4, 0.5) is 0 Å². The fourth-order valence-corrected chi connectivity index (χ4v) is 2.96. The van der Waals surface area contributed by atoms with Gasteiger partial charge in [0.25, 0.3) is 5.91 Å². The first-order chi connectivity index (χ1) is 10.7. The lowest BCUT2D eigenvalue weighted by molar-refractivity contribution is 0.0358. The van der Waals surface area contributed by atoms with E-state index in [0.29, 0.717) is 6.61 Å². The monoisotopic (exact) mass is 304 g/mol. The van der Waals surface area contributed by atoms with Crippen LogP contribution in [0.1, 0.15) is 22.3 Å². The normalized spacial score (nSPS) is 19.1. The summed E-state index contributed by atoms with van der Waals surface area (Å²) in [6.45, 7) is 6.21. The number of likely N-dealkylation sites (N-methyl/N-ethyl adjacent to an activating group) is 1. The molecule has 0 saturated carbocycles. The first kappa shape index (κ1) is 15.3. The Morgan fingerprint density at radius 2 is 2.05 bits per heavy atom. The van der Waals surface area contributed by atoms with E-state index in [-0.39, 0.29) is 5.91 Å². The van der Waals surface area contributed by atoms with Crippen LogP contribution < -0.4 is 4.74 Å². The van der Waals surface area contributed by atoms with Gasteiger partial charge in [-0.05, 0) is 30.5 Å². The molecule has 0 unspecified atom stereocenters. The van der Waals surface area contributed by atoms with Crippen molar-refractivity contribution in [3.8, 4) is 5.75 Å². The van der Waals surface area contributed by atoms with Crippen LogP contribution in [0.25, 0.3) is 0 Å². The van der Waals surface area contributed by atoms with E-state index >= 15 is 0 Å². The average Bonchev–Trinajstić information content (AvgIpc) is 2.56. The summed E-state index contributed by atoms with van der Waals surface area (Å²) in [5, 5.41) is 0. The molecule has 22 heavy (non-hydrogen) atoms. The van der Waals surface area contributed by atoms with Crippen molar-refractivity contribution in [1.29, 1.82) is 0 Å². The van der Waals surface area contributed by atoms with Gasteiger partial charge in [-0.3, -0.25) is 9.69 Å². The summed E-state index contributed by atoms with van der Waals surface area (Å²) in [5.74, 6) is 0.893. The van der Waals surface area contributed by atoms with Crippen molar-refractivity contribution in [2.45, 2.75) is 12.8 Å². The number of ether oxygens (including phenoxy) is 2. The van der Waals surface area contributed by atoms with E-state index in [2.05, 4.69) is 4.90 Å². The lowest BCUT2D eigenvalue weighted by Gasteiger charge is -2.26. The predicted octanol–water partition coefficient (Wildman–Crippen LogP) is 1.42. The second kappa shape index (κ2) is 7.11. The highest BCUT2D eigenvalue weighted by Gasteiger charge is 2.21. The van der Waals surface area contributed by atoms with E-state index in [4.69, 9.17) is 9.47 Å². The lowest BCUT2D eigenvalue weighted by atomic mass is 9.99. The second-order valence-electron chi connectivity index (χ2n) is 5.95. The molecule has 3 rings (SSSR count). The zero-order valence-corrected chi connectivity index (χ0v) is 13.2. The van der Waals surface area contributed by atoms with Crippen LogP contribution in [-0.4, -0.2) is 68.8 Å². The Morgan fingerprint density at radius 3 is 2.86 bits per heavy atom. The first-order valence-electron chi connectivity index (χ1n) is 8.05. The number of fused-ring (bicyclic) bond motifs is 1. The van der Waals surface area contributed by atoms with Gasteiger partial charge in [-0.2, -0.15) is 0 Å². The Hall–Kier alpha value is -1.59. The highest BCUT2D eigenvalue weighted by atomic mass is 16.5. The highest BCUT2D eigenvalue weighted by molar-refractivity contribution is 5.97. The molecule has 0 radical (unpaired) electrons. The predicted molar refractivity (Wildman–Crippen MR) is 84.5 cm³/mol. The number of rotatable bonds is 5. The number of hydrogen-bond donors (Lipinski definition) is 0. The Balaban J connectivity index is 1.49. The van der Waals surface area contributed by atoms with E-state index in [0.717, 1.165) is 69.1 Å². The molecule has 1 fully saturated rings. The number of hydrogen-bond acceptors (Lipinski definition) is 4. The van der Waals surface area contributed by atoms with Crippen LogP contribution in [0.5, 0.6) is 5.75 Å². The van der Waals surface area contributed by atoms with Crippen molar-refractivity contribution < 1.29 is 14.3 Å². The average molecular weight is 304 g/mol. The van der Waals surface area contributed by atoms with Gasteiger partial charge < -0.3 is 14.4 Å². The Labute approximate surface area is 131 Å².